The fraction of sp³-hybridized carbons (Fsp3) is 0.526. The molecule has 2 rings (SSSR count). The number of β-amino-alcohol motifs (C(OH)–C–C–N with tert-alkyl or cyclic N) is 1. The molecule has 1 aromatic rings. The zero-order chi connectivity index (χ0) is 19.4. The second kappa shape index (κ2) is 8.31. The van der Waals surface area contributed by atoms with Crippen LogP contribution in [0, 0.1) is 13.8 Å². The van der Waals surface area contributed by atoms with Gasteiger partial charge in [0.15, 0.2) is 0 Å². The molecule has 0 aromatic heterocycles. The fourth-order valence-electron chi connectivity index (χ4n) is 3.39. The van der Waals surface area contributed by atoms with Gasteiger partial charge in [-0.2, -0.15) is 0 Å². The van der Waals surface area contributed by atoms with Crippen LogP contribution < -0.4 is 5.32 Å². The van der Waals surface area contributed by atoms with E-state index in [1.165, 1.54) is 18.9 Å². The highest BCUT2D eigenvalue weighted by atomic mass is 16.5. The van der Waals surface area contributed by atoms with Crippen LogP contribution in [0.3, 0.4) is 0 Å². The van der Waals surface area contributed by atoms with Gasteiger partial charge in [-0.05, 0) is 30.5 Å². The molecule has 0 spiro atoms. The Balaban J connectivity index is 2.19. The summed E-state index contributed by atoms with van der Waals surface area (Å²) in [5, 5.41) is 12.5. The topological polar surface area (TPSA) is 95.9 Å². The second-order valence-corrected chi connectivity index (χ2v) is 6.74. The Morgan fingerprint density at radius 2 is 1.92 bits per heavy atom. The van der Waals surface area contributed by atoms with E-state index in [0.717, 1.165) is 16.7 Å². The average Bonchev–Trinajstić information content (AvgIpc) is 2.98. The van der Waals surface area contributed by atoms with Crippen LogP contribution in [-0.4, -0.2) is 59.6 Å². The lowest BCUT2D eigenvalue weighted by Gasteiger charge is -2.25. The van der Waals surface area contributed by atoms with E-state index in [-0.39, 0.29) is 18.9 Å². The molecule has 7 heteroatoms. The van der Waals surface area contributed by atoms with Crippen molar-refractivity contribution in [1.82, 2.24) is 10.2 Å². The van der Waals surface area contributed by atoms with E-state index in [0.29, 0.717) is 6.42 Å². The minimum absolute atomic E-state index is 0.118. The summed E-state index contributed by atoms with van der Waals surface area (Å²) >= 11 is 0. The number of ether oxygens (including phenoxy) is 1. The lowest BCUT2D eigenvalue weighted by atomic mass is 9.96. The Bertz CT molecular complexity index is 683. The van der Waals surface area contributed by atoms with Gasteiger partial charge in [-0.25, -0.2) is 4.79 Å². The van der Waals surface area contributed by atoms with Crippen molar-refractivity contribution in [3.05, 3.63) is 34.9 Å². The Kier molecular flexibility index (Phi) is 6.37. The highest BCUT2D eigenvalue weighted by Crippen LogP contribution is 2.20. The Hall–Kier alpha value is -2.41. The molecule has 2 N–H and O–H groups in total. The molecule has 1 heterocycles. The first-order valence-electron chi connectivity index (χ1n) is 8.63. The standard InChI is InChI=1S/C19H26N2O5/c1-11-6-5-7-12(2)15(11)9-16(19(25)26-4)20-18(24)17-8-14(23)10-21(17)13(3)22/h5-7,14,16-17,23H,8-10H2,1-4H3,(H,20,24)/t14-,16+,17+/m1/s1. The maximum Gasteiger partial charge on any atom is 0.328 e. The average molecular weight is 362 g/mol. The second-order valence-electron chi connectivity index (χ2n) is 6.74. The van der Waals surface area contributed by atoms with Crippen LogP contribution in [0.2, 0.25) is 0 Å². The number of carbonyl (C=O) groups excluding carboxylic acids is 3. The number of hydrogen-bond donors (Lipinski definition) is 2. The largest absolute Gasteiger partial charge is 0.467 e. The molecular formula is C19H26N2O5. The molecule has 1 aromatic carbocycles. The number of methoxy groups -OCH3 is 1. The minimum Gasteiger partial charge on any atom is -0.467 e. The summed E-state index contributed by atoms with van der Waals surface area (Å²) in [5.41, 5.74) is 3.02. The summed E-state index contributed by atoms with van der Waals surface area (Å²) in [6, 6.07) is 4.18. The molecule has 142 valence electrons. The molecule has 1 saturated heterocycles. The monoisotopic (exact) mass is 362 g/mol. The number of nitrogens with zero attached hydrogens (tertiary/aromatic N) is 1. The first kappa shape index (κ1) is 19.9. The molecule has 26 heavy (non-hydrogen) atoms. The van der Waals surface area contributed by atoms with Gasteiger partial charge in [-0.3, -0.25) is 9.59 Å². The number of carbonyl (C=O) groups is 3. The van der Waals surface area contributed by atoms with Crippen molar-refractivity contribution >= 4 is 17.8 Å². The number of rotatable bonds is 5. The van der Waals surface area contributed by atoms with E-state index in [9.17, 15) is 19.5 Å². The van der Waals surface area contributed by atoms with Crippen LogP contribution in [-0.2, 0) is 25.5 Å². The smallest absolute Gasteiger partial charge is 0.328 e. The van der Waals surface area contributed by atoms with Crippen LogP contribution >= 0.6 is 0 Å². The summed E-state index contributed by atoms with van der Waals surface area (Å²) in [5.74, 6) is -1.29. The number of aliphatic hydroxyl groups is 1. The van der Waals surface area contributed by atoms with Crippen molar-refractivity contribution in [1.29, 1.82) is 0 Å². The van der Waals surface area contributed by atoms with Crippen LogP contribution in [0.4, 0.5) is 0 Å². The summed E-state index contributed by atoms with van der Waals surface area (Å²) in [6.45, 7) is 5.37. The first-order valence-corrected chi connectivity index (χ1v) is 8.63. The molecule has 0 radical (unpaired) electrons. The molecule has 0 aliphatic carbocycles. The van der Waals surface area contributed by atoms with Crippen LogP contribution in [0.15, 0.2) is 18.2 Å². The third-order valence-electron chi connectivity index (χ3n) is 4.84. The summed E-state index contributed by atoms with van der Waals surface area (Å²) < 4.78 is 4.84. The number of aryl methyl sites for hydroxylation is 2. The van der Waals surface area contributed by atoms with Gasteiger partial charge >= 0.3 is 5.97 Å². The predicted octanol–water partition coefficient (Wildman–Crippen LogP) is 0.485. The van der Waals surface area contributed by atoms with Crippen LogP contribution in [0.1, 0.15) is 30.0 Å². The Morgan fingerprint density at radius 1 is 1.31 bits per heavy atom. The van der Waals surface area contributed by atoms with Gasteiger partial charge < -0.3 is 20.1 Å². The molecule has 3 atom stereocenters. The number of aliphatic hydroxyl groups excluding tert-OH is 1. The lowest BCUT2D eigenvalue weighted by Crippen LogP contribution is -2.51. The molecule has 7 nitrogen and oxygen atoms in total. The third kappa shape index (κ3) is 4.40. The molecule has 1 fully saturated rings. The van der Waals surface area contributed by atoms with E-state index in [4.69, 9.17) is 4.74 Å². The zero-order valence-corrected chi connectivity index (χ0v) is 15.6. The van der Waals surface area contributed by atoms with Crippen molar-refractivity contribution in [2.75, 3.05) is 13.7 Å². The molecular weight excluding hydrogens is 336 g/mol. The quantitative estimate of drug-likeness (QED) is 0.743. The van der Waals surface area contributed by atoms with E-state index in [1.54, 1.807) is 0 Å². The van der Waals surface area contributed by atoms with E-state index in [1.807, 2.05) is 32.0 Å². The highest BCUT2D eigenvalue weighted by molar-refractivity contribution is 5.91. The number of likely N-dealkylation sites (tertiary alicyclic amines) is 1. The van der Waals surface area contributed by atoms with Gasteiger partial charge in [0.25, 0.3) is 0 Å². The number of hydrogen-bond acceptors (Lipinski definition) is 5. The maximum absolute atomic E-state index is 12.7. The van der Waals surface area contributed by atoms with Gasteiger partial charge in [-0.1, -0.05) is 18.2 Å². The highest BCUT2D eigenvalue weighted by Gasteiger charge is 2.39. The van der Waals surface area contributed by atoms with E-state index >= 15 is 0 Å². The van der Waals surface area contributed by atoms with E-state index < -0.39 is 30.1 Å². The van der Waals surface area contributed by atoms with Crippen molar-refractivity contribution in [2.24, 2.45) is 0 Å². The van der Waals surface area contributed by atoms with Crippen LogP contribution in [0.5, 0.6) is 0 Å². The number of nitrogens with one attached hydrogen (secondary N) is 1. The van der Waals surface area contributed by atoms with Crippen molar-refractivity contribution < 1.29 is 24.2 Å². The van der Waals surface area contributed by atoms with Crippen molar-refractivity contribution in [3.8, 4) is 0 Å². The fourth-order valence-corrected chi connectivity index (χ4v) is 3.39. The molecule has 1 aliphatic heterocycles. The van der Waals surface area contributed by atoms with Crippen LogP contribution in [0.25, 0.3) is 0 Å². The SMILES string of the molecule is COC(=O)[C@H](Cc1c(C)cccc1C)NC(=O)[C@@H]1C[C@@H](O)CN1C(C)=O. The minimum atomic E-state index is -0.862. The first-order chi connectivity index (χ1) is 12.2. The summed E-state index contributed by atoms with van der Waals surface area (Å²) in [7, 11) is 1.27. The summed E-state index contributed by atoms with van der Waals surface area (Å²) in [4.78, 5) is 37.9. The normalized spacial score (nSPS) is 20.6. The molecule has 1 aliphatic rings. The third-order valence-corrected chi connectivity index (χ3v) is 4.84. The van der Waals surface area contributed by atoms with Gasteiger partial charge in [0.1, 0.15) is 12.1 Å². The zero-order valence-electron chi connectivity index (χ0n) is 15.6. The van der Waals surface area contributed by atoms with Gasteiger partial charge in [0.05, 0.1) is 13.2 Å². The Morgan fingerprint density at radius 3 is 2.46 bits per heavy atom. The molecule has 0 unspecified atom stereocenters. The molecule has 2 amide bonds. The lowest BCUT2D eigenvalue weighted by molar-refractivity contribution is -0.146. The predicted molar refractivity (Wildman–Crippen MR) is 95.4 cm³/mol. The van der Waals surface area contributed by atoms with Crippen molar-refractivity contribution in [3.63, 3.8) is 0 Å². The summed E-state index contributed by atoms with van der Waals surface area (Å²) in [6.07, 6.45) is -0.292. The number of esters is 1. The van der Waals surface area contributed by atoms with E-state index in [2.05, 4.69) is 5.32 Å². The Labute approximate surface area is 153 Å². The van der Waals surface area contributed by atoms with Gasteiger partial charge in [0, 0.05) is 26.3 Å². The number of benzene rings is 1. The number of amides is 2. The molecule has 0 bridgehead atoms. The van der Waals surface area contributed by atoms with Gasteiger partial charge in [-0.15, -0.1) is 0 Å². The molecule has 0 saturated carbocycles. The van der Waals surface area contributed by atoms with Crippen molar-refractivity contribution in [2.45, 2.75) is 51.8 Å². The maximum atomic E-state index is 12.7. The van der Waals surface area contributed by atoms with Gasteiger partial charge in [0.2, 0.25) is 11.8 Å².